The molecule has 7 heteroatoms. The summed E-state index contributed by atoms with van der Waals surface area (Å²) in [5, 5.41) is 13.6. The number of nitrogens with zero attached hydrogens (tertiary/aromatic N) is 2. The topological polar surface area (TPSA) is 55.8 Å². The van der Waals surface area contributed by atoms with E-state index in [9.17, 15) is 9.90 Å². The molecule has 0 aliphatic carbocycles. The Labute approximate surface area is 136 Å². The van der Waals surface area contributed by atoms with Crippen LogP contribution in [-0.4, -0.2) is 11.1 Å². The largest absolute Gasteiger partial charge is 0.478 e. The Morgan fingerprint density at radius 2 is 1.68 bits per heavy atom. The van der Waals surface area contributed by atoms with Crippen LogP contribution in [0, 0.1) is 0 Å². The predicted octanol–water partition coefficient (Wildman–Crippen LogP) is 3.91. The average molecular weight is 336 g/mol. The molecule has 22 heavy (non-hydrogen) atoms. The van der Waals surface area contributed by atoms with Gasteiger partial charge in [-0.25, -0.2) is 4.79 Å². The van der Waals surface area contributed by atoms with Gasteiger partial charge in [0.2, 0.25) is 0 Å². The van der Waals surface area contributed by atoms with Gasteiger partial charge in [-0.2, -0.15) is 0 Å². The first-order valence-corrected chi connectivity index (χ1v) is 7.12. The lowest BCUT2D eigenvalue weighted by Crippen LogP contribution is -2.40. The van der Waals surface area contributed by atoms with E-state index in [1.807, 2.05) is 0 Å². The van der Waals surface area contributed by atoms with E-state index in [0.717, 1.165) is 0 Å². The molecule has 5 nitrogen and oxygen atoms in total. The minimum absolute atomic E-state index is 0.198. The molecule has 0 aromatic heterocycles. The first-order valence-electron chi connectivity index (χ1n) is 6.37. The van der Waals surface area contributed by atoms with E-state index in [4.69, 9.17) is 23.2 Å². The highest BCUT2D eigenvalue weighted by Gasteiger charge is 2.21. The summed E-state index contributed by atoms with van der Waals surface area (Å²) in [6.07, 6.45) is 3.46. The van der Waals surface area contributed by atoms with Crippen molar-refractivity contribution >= 4 is 40.5 Å². The Morgan fingerprint density at radius 1 is 1.00 bits per heavy atom. The van der Waals surface area contributed by atoms with E-state index in [1.165, 1.54) is 0 Å². The van der Waals surface area contributed by atoms with Gasteiger partial charge in [0.25, 0.3) is 0 Å². The van der Waals surface area contributed by atoms with Gasteiger partial charge < -0.3 is 5.11 Å². The first kappa shape index (κ1) is 14.7. The van der Waals surface area contributed by atoms with Gasteiger partial charge in [0.05, 0.1) is 22.0 Å². The number of benzene rings is 2. The normalized spacial score (nSPS) is 13.7. The molecule has 0 unspecified atom stereocenters. The lowest BCUT2D eigenvalue weighted by molar-refractivity contribution is 0.0697. The van der Waals surface area contributed by atoms with Gasteiger partial charge in [-0.05, 0) is 30.3 Å². The van der Waals surface area contributed by atoms with Crippen molar-refractivity contribution in [3.8, 4) is 0 Å². The Balaban J connectivity index is 1.87. The number of carboxylic acids is 1. The predicted molar refractivity (Wildman–Crippen MR) is 87.1 cm³/mol. The first-order chi connectivity index (χ1) is 10.6. The number of para-hydroxylation sites is 1. The van der Waals surface area contributed by atoms with E-state index in [-0.39, 0.29) is 5.56 Å². The van der Waals surface area contributed by atoms with Crippen molar-refractivity contribution in [2.45, 2.75) is 0 Å². The highest BCUT2D eigenvalue weighted by atomic mass is 35.5. The maximum Gasteiger partial charge on any atom is 0.337 e. The maximum atomic E-state index is 11.3. The lowest BCUT2D eigenvalue weighted by atomic mass is 10.2. The molecule has 112 valence electrons. The molecular weight excluding hydrogens is 325 g/mol. The molecule has 2 aromatic rings. The van der Waals surface area contributed by atoms with E-state index < -0.39 is 5.97 Å². The van der Waals surface area contributed by atoms with Gasteiger partial charge in [-0.15, -0.1) is 5.53 Å². The Morgan fingerprint density at radius 3 is 2.36 bits per heavy atom. The van der Waals surface area contributed by atoms with Crippen LogP contribution in [0.4, 0.5) is 11.4 Å². The van der Waals surface area contributed by atoms with Crippen molar-refractivity contribution < 1.29 is 9.90 Å². The summed E-state index contributed by atoms with van der Waals surface area (Å²) in [5.74, 6) is -0.992. The van der Waals surface area contributed by atoms with E-state index >= 15 is 0 Å². The summed E-state index contributed by atoms with van der Waals surface area (Å²) in [6.45, 7) is 0. The fourth-order valence-corrected chi connectivity index (χ4v) is 2.63. The summed E-state index contributed by atoms with van der Waals surface area (Å²) >= 11 is 12.1. The average Bonchev–Trinajstić information content (AvgIpc) is 2.96. The number of carbonyl (C=O) groups is 1. The van der Waals surface area contributed by atoms with Crippen LogP contribution < -0.4 is 15.6 Å². The van der Waals surface area contributed by atoms with Crippen LogP contribution in [0.2, 0.25) is 10.0 Å². The molecule has 0 saturated heterocycles. The second-order valence-electron chi connectivity index (χ2n) is 4.56. The lowest BCUT2D eigenvalue weighted by Gasteiger charge is -2.24. The second-order valence-corrected chi connectivity index (χ2v) is 5.40. The van der Waals surface area contributed by atoms with Crippen LogP contribution in [0.5, 0.6) is 0 Å². The quantitative estimate of drug-likeness (QED) is 0.890. The maximum absolute atomic E-state index is 11.3. The summed E-state index contributed by atoms with van der Waals surface area (Å²) in [7, 11) is 0. The molecule has 1 aliphatic rings. The van der Waals surface area contributed by atoms with Crippen molar-refractivity contribution in [1.29, 1.82) is 0 Å². The molecule has 0 fully saturated rings. The molecule has 1 aliphatic heterocycles. The number of aromatic carboxylic acids is 1. The van der Waals surface area contributed by atoms with Crippen LogP contribution in [0.15, 0.2) is 54.9 Å². The number of hydrogen-bond donors (Lipinski definition) is 2. The smallest absolute Gasteiger partial charge is 0.337 e. The zero-order chi connectivity index (χ0) is 15.7. The zero-order valence-electron chi connectivity index (χ0n) is 11.2. The molecule has 0 radical (unpaired) electrons. The van der Waals surface area contributed by atoms with Crippen LogP contribution in [0.25, 0.3) is 0 Å². The molecule has 0 spiro atoms. The van der Waals surface area contributed by atoms with Crippen LogP contribution in [0.3, 0.4) is 0 Å². The molecule has 0 amide bonds. The molecule has 1 heterocycles. The number of carboxylic acid groups (broad SMARTS) is 1. The van der Waals surface area contributed by atoms with Gasteiger partial charge in [0.1, 0.15) is 0 Å². The van der Waals surface area contributed by atoms with Crippen molar-refractivity contribution in [1.82, 2.24) is 5.53 Å². The summed E-state index contributed by atoms with van der Waals surface area (Å²) in [6, 6.07) is 11.9. The Bertz CT molecular complexity index is 764. The van der Waals surface area contributed by atoms with Gasteiger partial charge >= 0.3 is 5.97 Å². The van der Waals surface area contributed by atoms with Gasteiger partial charge in [-0.1, -0.05) is 35.3 Å². The molecule has 0 atom stereocenters. The molecular formula is C15H11Cl2N3O2. The van der Waals surface area contributed by atoms with Gasteiger partial charge in [0, 0.05) is 17.4 Å². The van der Waals surface area contributed by atoms with Crippen LogP contribution >= 0.6 is 23.2 Å². The molecule has 2 N–H and O–H groups in total. The highest BCUT2D eigenvalue weighted by molar-refractivity contribution is 6.36. The van der Waals surface area contributed by atoms with E-state index in [1.54, 1.807) is 64.9 Å². The number of halogens is 2. The minimum Gasteiger partial charge on any atom is -0.478 e. The fourth-order valence-electron chi connectivity index (χ4n) is 2.13. The van der Waals surface area contributed by atoms with Gasteiger partial charge in [0.15, 0.2) is 0 Å². The van der Waals surface area contributed by atoms with Crippen LogP contribution in [0.1, 0.15) is 10.4 Å². The second kappa shape index (κ2) is 5.88. The number of anilines is 2. The standard InChI is InChI=1S/C15H11Cl2N3O2/c16-10-5-6-14(12(17)9-10)20-8-7-19(18-20)13-4-2-1-3-11(13)15(21)22/h1-9,18H,(H,21,22). The summed E-state index contributed by atoms with van der Waals surface area (Å²) in [5.41, 5.74) is 4.47. The number of nitrogens with one attached hydrogen (secondary N) is 1. The number of rotatable bonds is 3. The number of hydrazine groups is 2. The summed E-state index contributed by atoms with van der Waals surface area (Å²) < 4.78 is 0. The van der Waals surface area contributed by atoms with E-state index in [2.05, 4.69) is 5.53 Å². The monoisotopic (exact) mass is 335 g/mol. The number of hydrogen-bond acceptors (Lipinski definition) is 4. The molecule has 0 saturated carbocycles. The van der Waals surface area contributed by atoms with Crippen molar-refractivity contribution in [3.63, 3.8) is 0 Å². The summed E-state index contributed by atoms with van der Waals surface area (Å²) in [4.78, 5) is 11.3. The third-order valence-corrected chi connectivity index (χ3v) is 3.68. The van der Waals surface area contributed by atoms with Crippen molar-refractivity contribution in [2.24, 2.45) is 0 Å². The Hall–Kier alpha value is -2.21. The fraction of sp³-hybridized carbons (Fsp3) is 0. The molecule has 0 bridgehead atoms. The SMILES string of the molecule is O=C(O)c1ccccc1N1C=CN(c2ccc(Cl)cc2Cl)N1. The highest BCUT2D eigenvalue weighted by Crippen LogP contribution is 2.30. The minimum atomic E-state index is -0.992. The zero-order valence-corrected chi connectivity index (χ0v) is 12.7. The van der Waals surface area contributed by atoms with Gasteiger partial charge in [-0.3, -0.25) is 10.0 Å². The Kier molecular flexibility index (Phi) is 3.94. The molecule has 2 aromatic carbocycles. The van der Waals surface area contributed by atoms with Crippen molar-refractivity contribution in [3.05, 3.63) is 70.5 Å². The third-order valence-electron chi connectivity index (χ3n) is 3.14. The van der Waals surface area contributed by atoms with E-state index in [0.29, 0.717) is 21.4 Å². The van der Waals surface area contributed by atoms with Crippen LogP contribution in [-0.2, 0) is 0 Å². The molecule has 3 rings (SSSR count). The third kappa shape index (κ3) is 2.74. The van der Waals surface area contributed by atoms with Crippen molar-refractivity contribution in [2.75, 3.05) is 10.0 Å².